The maximum absolute atomic E-state index is 12.7. The lowest BCUT2D eigenvalue weighted by molar-refractivity contribution is -0.166. The number of benzene rings is 1. The number of nitrogens with zero attached hydrogens (tertiary/aromatic N) is 2. The molecule has 0 aliphatic carbocycles. The molecular formula is C9H7F3N4S. The number of anilines is 1. The van der Waals surface area contributed by atoms with Crippen LogP contribution in [0.4, 0.5) is 18.9 Å². The monoisotopic (exact) mass is 260 g/mol. The molecule has 0 unspecified atom stereocenters. The molecule has 0 bridgehead atoms. The van der Waals surface area contributed by atoms with Crippen LogP contribution in [0.2, 0.25) is 0 Å². The zero-order valence-corrected chi connectivity index (χ0v) is 9.14. The standard InChI is InChI=1S/C9H7F3N4S/c10-9(11,12)8(15-16-8)5-2-1-3-6(4-5)14-7(13)17/h1-4H,(H3,13,14,17). The van der Waals surface area contributed by atoms with E-state index in [9.17, 15) is 13.2 Å². The fourth-order valence-electron chi connectivity index (χ4n) is 1.40. The maximum atomic E-state index is 12.7. The molecule has 1 aliphatic rings. The molecule has 1 heterocycles. The van der Waals surface area contributed by atoms with E-state index >= 15 is 0 Å². The Morgan fingerprint density at radius 1 is 1.35 bits per heavy atom. The first-order chi connectivity index (χ1) is 7.85. The number of halogens is 3. The highest BCUT2D eigenvalue weighted by molar-refractivity contribution is 7.80. The van der Waals surface area contributed by atoms with E-state index in [1.807, 2.05) is 0 Å². The predicted molar refractivity (Wildman–Crippen MR) is 59.4 cm³/mol. The van der Waals surface area contributed by atoms with Crippen LogP contribution in [0.5, 0.6) is 0 Å². The Balaban J connectivity index is 2.31. The van der Waals surface area contributed by atoms with Crippen LogP contribution in [0, 0.1) is 0 Å². The molecule has 4 nitrogen and oxygen atoms in total. The first kappa shape index (κ1) is 11.8. The van der Waals surface area contributed by atoms with E-state index in [4.69, 9.17) is 5.73 Å². The quantitative estimate of drug-likeness (QED) is 0.803. The molecule has 3 N–H and O–H groups in total. The molecule has 0 radical (unpaired) electrons. The summed E-state index contributed by atoms with van der Waals surface area (Å²) in [7, 11) is 0. The average molecular weight is 260 g/mol. The Morgan fingerprint density at radius 2 is 2.00 bits per heavy atom. The van der Waals surface area contributed by atoms with Crippen molar-refractivity contribution in [1.29, 1.82) is 0 Å². The second-order valence-corrected chi connectivity index (χ2v) is 3.88. The van der Waals surface area contributed by atoms with Gasteiger partial charge in [0.15, 0.2) is 5.11 Å². The van der Waals surface area contributed by atoms with Crippen molar-refractivity contribution in [3.05, 3.63) is 29.8 Å². The van der Waals surface area contributed by atoms with Crippen LogP contribution < -0.4 is 11.1 Å². The minimum atomic E-state index is -4.53. The van der Waals surface area contributed by atoms with Gasteiger partial charge in [0.1, 0.15) is 0 Å². The lowest BCUT2D eigenvalue weighted by Gasteiger charge is -2.15. The van der Waals surface area contributed by atoms with Gasteiger partial charge >= 0.3 is 11.8 Å². The fourth-order valence-corrected chi connectivity index (χ4v) is 1.52. The summed E-state index contributed by atoms with van der Waals surface area (Å²) in [6, 6.07) is 5.58. The van der Waals surface area contributed by atoms with Gasteiger partial charge in [0.2, 0.25) is 0 Å². The maximum Gasteiger partial charge on any atom is 0.442 e. The van der Waals surface area contributed by atoms with Gasteiger partial charge in [-0.05, 0) is 24.4 Å². The summed E-state index contributed by atoms with van der Waals surface area (Å²) in [6.45, 7) is 0. The Kier molecular flexibility index (Phi) is 2.53. The second kappa shape index (κ2) is 3.66. The summed E-state index contributed by atoms with van der Waals surface area (Å²) in [6.07, 6.45) is -4.53. The number of thiocarbonyl (C=S) groups is 1. The van der Waals surface area contributed by atoms with Crippen LogP contribution in [0.15, 0.2) is 34.5 Å². The molecule has 0 atom stereocenters. The molecule has 1 aromatic carbocycles. The lowest BCUT2D eigenvalue weighted by Crippen LogP contribution is -2.30. The van der Waals surface area contributed by atoms with Crippen molar-refractivity contribution in [1.82, 2.24) is 0 Å². The highest BCUT2D eigenvalue weighted by Gasteiger charge is 2.65. The topological polar surface area (TPSA) is 62.8 Å². The van der Waals surface area contributed by atoms with Crippen LogP contribution in [0.3, 0.4) is 0 Å². The third kappa shape index (κ3) is 2.07. The van der Waals surface area contributed by atoms with E-state index in [2.05, 4.69) is 27.8 Å². The summed E-state index contributed by atoms with van der Waals surface area (Å²) in [4.78, 5) is 0. The van der Waals surface area contributed by atoms with Gasteiger partial charge in [0.25, 0.3) is 0 Å². The van der Waals surface area contributed by atoms with Gasteiger partial charge in [0.05, 0.1) is 0 Å². The first-order valence-electron chi connectivity index (χ1n) is 4.53. The molecule has 90 valence electrons. The molecule has 8 heteroatoms. The number of hydrogen-bond acceptors (Lipinski definition) is 3. The normalized spacial score (nSPS) is 16.6. The molecule has 1 aromatic rings. The van der Waals surface area contributed by atoms with Gasteiger partial charge in [-0.25, -0.2) is 0 Å². The van der Waals surface area contributed by atoms with E-state index in [1.165, 1.54) is 18.2 Å². The van der Waals surface area contributed by atoms with Crippen LogP contribution in [0.1, 0.15) is 5.56 Å². The Hall–Kier alpha value is -1.70. The van der Waals surface area contributed by atoms with Crippen molar-refractivity contribution in [3.63, 3.8) is 0 Å². The molecule has 17 heavy (non-hydrogen) atoms. The van der Waals surface area contributed by atoms with Gasteiger partial charge in [-0.3, -0.25) is 0 Å². The Morgan fingerprint density at radius 3 is 2.47 bits per heavy atom. The lowest BCUT2D eigenvalue weighted by atomic mass is 10.0. The minimum Gasteiger partial charge on any atom is -0.376 e. The number of alkyl halides is 3. The van der Waals surface area contributed by atoms with Crippen molar-refractivity contribution in [2.24, 2.45) is 16.0 Å². The zero-order valence-electron chi connectivity index (χ0n) is 8.32. The predicted octanol–water partition coefficient (Wildman–Crippen LogP) is 2.52. The summed E-state index contributed by atoms with van der Waals surface area (Å²) < 4.78 is 38.2. The molecule has 0 aromatic heterocycles. The number of nitrogens with one attached hydrogen (secondary N) is 1. The van der Waals surface area contributed by atoms with Crippen molar-refractivity contribution in [2.75, 3.05) is 5.32 Å². The molecule has 0 saturated carbocycles. The molecule has 2 rings (SSSR count). The molecular weight excluding hydrogens is 253 g/mol. The molecule has 0 saturated heterocycles. The van der Waals surface area contributed by atoms with Crippen LogP contribution in [-0.4, -0.2) is 11.3 Å². The van der Waals surface area contributed by atoms with E-state index in [-0.39, 0.29) is 10.7 Å². The first-order valence-corrected chi connectivity index (χ1v) is 4.94. The summed E-state index contributed by atoms with van der Waals surface area (Å²) in [5.74, 6) is 0. The number of hydrogen-bond donors (Lipinski definition) is 2. The average Bonchev–Trinajstić information content (AvgIpc) is 2.96. The van der Waals surface area contributed by atoms with Crippen LogP contribution in [0.25, 0.3) is 0 Å². The Labute approximate surface area is 99.7 Å². The fraction of sp³-hybridized carbons (Fsp3) is 0.222. The third-order valence-electron chi connectivity index (χ3n) is 2.23. The number of rotatable bonds is 2. The van der Waals surface area contributed by atoms with Gasteiger partial charge in [-0.1, -0.05) is 12.1 Å². The van der Waals surface area contributed by atoms with Crippen molar-refractivity contribution in [2.45, 2.75) is 11.8 Å². The van der Waals surface area contributed by atoms with E-state index in [0.29, 0.717) is 5.69 Å². The smallest absolute Gasteiger partial charge is 0.376 e. The largest absolute Gasteiger partial charge is 0.442 e. The van der Waals surface area contributed by atoms with Crippen molar-refractivity contribution >= 4 is 23.0 Å². The molecule has 1 aliphatic heterocycles. The van der Waals surface area contributed by atoms with E-state index < -0.39 is 11.8 Å². The van der Waals surface area contributed by atoms with Gasteiger partial charge in [-0.2, -0.15) is 13.2 Å². The molecule has 0 fully saturated rings. The van der Waals surface area contributed by atoms with Crippen molar-refractivity contribution < 1.29 is 13.2 Å². The highest BCUT2D eigenvalue weighted by atomic mass is 32.1. The Bertz CT molecular complexity index is 491. The minimum absolute atomic E-state index is 0.0205. The van der Waals surface area contributed by atoms with Gasteiger partial charge in [0, 0.05) is 11.3 Å². The molecule has 0 spiro atoms. The van der Waals surface area contributed by atoms with Crippen molar-refractivity contribution in [3.8, 4) is 0 Å². The van der Waals surface area contributed by atoms with Crippen LogP contribution in [-0.2, 0) is 5.66 Å². The summed E-state index contributed by atoms with van der Waals surface area (Å²) >= 11 is 4.60. The SMILES string of the molecule is NC(=S)Nc1cccc(C2(C(F)(F)F)N=N2)c1. The van der Waals surface area contributed by atoms with Crippen LogP contribution >= 0.6 is 12.2 Å². The number of nitrogens with two attached hydrogens (primary N) is 1. The zero-order chi connectivity index (χ0) is 12.7. The third-order valence-corrected chi connectivity index (χ3v) is 2.33. The van der Waals surface area contributed by atoms with Gasteiger partial charge in [-0.15, -0.1) is 10.2 Å². The van der Waals surface area contributed by atoms with Gasteiger partial charge < -0.3 is 11.1 Å². The second-order valence-electron chi connectivity index (χ2n) is 3.44. The van der Waals surface area contributed by atoms with E-state index in [0.717, 1.165) is 0 Å². The molecule has 0 amide bonds. The highest BCUT2D eigenvalue weighted by Crippen LogP contribution is 2.52. The summed E-state index contributed by atoms with van der Waals surface area (Å²) in [5.41, 5.74) is 3.13. The van der Waals surface area contributed by atoms with E-state index in [1.54, 1.807) is 6.07 Å². The summed E-state index contributed by atoms with van der Waals surface area (Å²) in [5, 5.41) is 8.74.